The first kappa shape index (κ1) is 24.7. The van der Waals surface area contributed by atoms with E-state index in [1.807, 2.05) is 19.1 Å². The van der Waals surface area contributed by atoms with Crippen molar-refractivity contribution in [1.82, 2.24) is 4.90 Å². The molecule has 1 amide bonds. The number of carbonyl (C=O) groups excluding carboxylic acids is 1. The van der Waals surface area contributed by atoms with Crippen LogP contribution in [0.4, 0.5) is 5.69 Å². The van der Waals surface area contributed by atoms with Crippen LogP contribution < -0.4 is 5.32 Å². The number of hydrogen-bond acceptors (Lipinski definition) is 5. The van der Waals surface area contributed by atoms with E-state index in [-0.39, 0.29) is 11.3 Å². The molecule has 2 aromatic rings. The van der Waals surface area contributed by atoms with Crippen LogP contribution >= 0.6 is 11.8 Å². The molecule has 6 heteroatoms. The van der Waals surface area contributed by atoms with Crippen molar-refractivity contribution in [3.05, 3.63) is 64.7 Å². The quantitative estimate of drug-likeness (QED) is 0.625. The van der Waals surface area contributed by atoms with Crippen LogP contribution in [0.2, 0.25) is 0 Å². The van der Waals surface area contributed by atoms with Gasteiger partial charge in [0, 0.05) is 37.2 Å². The van der Waals surface area contributed by atoms with Crippen LogP contribution in [0.15, 0.2) is 52.4 Å². The summed E-state index contributed by atoms with van der Waals surface area (Å²) in [6.45, 7) is 12.7. The molecule has 0 aromatic heterocycles. The Morgan fingerprint density at radius 1 is 1.06 bits per heavy atom. The summed E-state index contributed by atoms with van der Waals surface area (Å²) in [7, 11) is 2.15. The van der Waals surface area contributed by atoms with E-state index in [0.717, 1.165) is 53.5 Å². The van der Waals surface area contributed by atoms with Gasteiger partial charge in [0.2, 0.25) is 5.91 Å². The lowest BCUT2D eigenvalue weighted by Gasteiger charge is -2.33. The molecule has 2 heterocycles. The summed E-state index contributed by atoms with van der Waals surface area (Å²) in [5, 5.41) is 3.95. The molecule has 180 valence electrons. The van der Waals surface area contributed by atoms with Crippen molar-refractivity contribution >= 4 is 34.1 Å². The number of hydrogen-bond donors (Lipinski definition) is 1. The van der Waals surface area contributed by atoms with Gasteiger partial charge in [-0.2, -0.15) is 0 Å². The number of aryl methyl sites for hydroxylation is 1. The van der Waals surface area contributed by atoms with Gasteiger partial charge in [-0.25, -0.2) is 4.99 Å². The number of nitrogens with zero attached hydrogens (tertiary/aromatic N) is 3. The van der Waals surface area contributed by atoms with Crippen LogP contribution in [-0.4, -0.2) is 53.1 Å². The first-order valence-electron chi connectivity index (χ1n) is 12.0. The number of likely N-dealkylation sites (tertiary alicyclic amines) is 1. The van der Waals surface area contributed by atoms with Crippen LogP contribution in [0.1, 0.15) is 55.9 Å². The fourth-order valence-electron chi connectivity index (χ4n) is 4.35. The summed E-state index contributed by atoms with van der Waals surface area (Å²) in [5.74, 6) is 0.287. The van der Waals surface area contributed by atoms with E-state index in [9.17, 15) is 4.79 Å². The molecule has 0 aliphatic carbocycles. The number of nitrogens with one attached hydrogen (secondary N) is 1. The van der Waals surface area contributed by atoms with Crippen LogP contribution in [0.5, 0.6) is 0 Å². The Bertz CT molecular complexity index is 1120. The Labute approximate surface area is 208 Å². The van der Waals surface area contributed by atoms with Crippen LogP contribution in [0.25, 0.3) is 0 Å². The van der Waals surface area contributed by atoms with Crippen molar-refractivity contribution in [2.75, 3.05) is 31.2 Å². The van der Waals surface area contributed by atoms with Crippen LogP contribution in [0, 0.1) is 13.8 Å². The summed E-state index contributed by atoms with van der Waals surface area (Å²) >= 11 is 1.50. The van der Waals surface area contributed by atoms with E-state index < -0.39 is 5.66 Å². The highest BCUT2D eigenvalue weighted by atomic mass is 32.2. The number of aliphatic imine (C=N–C) groups is 2. The molecule has 0 unspecified atom stereocenters. The highest BCUT2D eigenvalue weighted by Gasteiger charge is 2.39. The third-order valence-corrected chi connectivity index (χ3v) is 7.83. The Morgan fingerprint density at radius 3 is 2.38 bits per heavy atom. The number of rotatable bonds is 4. The summed E-state index contributed by atoms with van der Waals surface area (Å²) in [6.07, 6.45) is 1.82. The zero-order chi connectivity index (χ0) is 24.5. The van der Waals surface area contributed by atoms with Gasteiger partial charge in [-0.3, -0.25) is 9.79 Å². The first-order chi connectivity index (χ1) is 16.1. The average molecular weight is 477 g/mol. The minimum atomic E-state index is -0.392. The minimum absolute atomic E-state index is 0.0202. The van der Waals surface area contributed by atoms with Gasteiger partial charge in [-0.15, -0.1) is 0 Å². The molecule has 2 aliphatic heterocycles. The van der Waals surface area contributed by atoms with Gasteiger partial charge in [0.05, 0.1) is 11.5 Å². The molecule has 0 saturated carbocycles. The lowest BCUT2D eigenvalue weighted by molar-refractivity contribution is -0.113. The molecule has 1 saturated heterocycles. The molecular weight excluding hydrogens is 440 g/mol. The predicted octanol–water partition coefficient (Wildman–Crippen LogP) is 5.60. The van der Waals surface area contributed by atoms with E-state index in [4.69, 9.17) is 9.98 Å². The molecule has 1 spiro atoms. The van der Waals surface area contributed by atoms with E-state index in [2.05, 4.69) is 75.3 Å². The smallest absolute Gasteiger partial charge is 0.234 e. The Balaban J connectivity index is 1.54. The molecule has 0 bridgehead atoms. The van der Waals surface area contributed by atoms with E-state index in [1.54, 1.807) is 0 Å². The summed E-state index contributed by atoms with van der Waals surface area (Å²) in [4.78, 5) is 25.4. The molecule has 1 N–H and O–H groups in total. The van der Waals surface area contributed by atoms with Crippen molar-refractivity contribution in [2.45, 2.75) is 58.5 Å². The van der Waals surface area contributed by atoms with Gasteiger partial charge in [0.1, 0.15) is 5.04 Å². The van der Waals surface area contributed by atoms with Crippen molar-refractivity contribution in [3.63, 3.8) is 0 Å². The molecule has 2 aromatic carbocycles. The highest BCUT2D eigenvalue weighted by Crippen LogP contribution is 2.35. The number of anilines is 1. The third-order valence-electron chi connectivity index (χ3n) is 6.86. The van der Waals surface area contributed by atoms with E-state index in [1.165, 1.54) is 22.9 Å². The predicted molar refractivity (Wildman–Crippen MR) is 146 cm³/mol. The summed E-state index contributed by atoms with van der Waals surface area (Å²) < 4.78 is 0. The number of benzene rings is 2. The topological polar surface area (TPSA) is 57.1 Å². The Morgan fingerprint density at radius 2 is 1.74 bits per heavy atom. The lowest BCUT2D eigenvalue weighted by atomic mass is 9.86. The monoisotopic (exact) mass is 476 g/mol. The van der Waals surface area contributed by atoms with E-state index in [0.29, 0.717) is 5.75 Å². The zero-order valence-corrected chi connectivity index (χ0v) is 22.1. The van der Waals surface area contributed by atoms with Crippen molar-refractivity contribution in [1.29, 1.82) is 0 Å². The van der Waals surface area contributed by atoms with Gasteiger partial charge in [0.25, 0.3) is 0 Å². The van der Waals surface area contributed by atoms with E-state index >= 15 is 0 Å². The maximum absolute atomic E-state index is 12.8. The van der Waals surface area contributed by atoms with Crippen molar-refractivity contribution in [3.8, 4) is 0 Å². The van der Waals surface area contributed by atoms with Crippen molar-refractivity contribution < 1.29 is 4.79 Å². The highest BCUT2D eigenvalue weighted by molar-refractivity contribution is 8.16. The van der Waals surface area contributed by atoms with Gasteiger partial charge in [-0.1, -0.05) is 68.9 Å². The lowest BCUT2D eigenvalue weighted by Crippen LogP contribution is -2.39. The average Bonchev–Trinajstić information content (AvgIpc) is 3.15. The Hall–Kier alpha value is -2.44. The minimum Gasteiger partial charge on any atom is -0.325 e. The number of amides is 1. The second kappa shape index (κ2) is 9.67. The first-order valence-corrected chi connectivity index (χ1v) is 13.0. The maximum atomic E-state index is 12.8. The molecule has 1 fully saturated rings. The third kappa shape index (κ3) is 5.44. The molecule has 5 nitrogen and oxygen atoms in total. The second-order valence-corrected chi connectivity index (χ2v) is 11.5. The molecule has 34 heavy (non-hydrogen) atoms. The number of carbonyl (C=O) groups is 1. The van der Waals surface area contributed by atoms with Crippen LogP contribution in [-0.2, 0) is 10.2 Å². The maximum Gasteiger partial charge on any atom is 0.234 e. The summed E-state index contributed by atoms with van der Waals surface area (Å²) in [6, 6.07) is 14.7. The van der Waals surface area contributed by atoms with Gasteiger partial charge >= 0.3 is 0 Å². The second-order valence-electron chi connectivity index (χ2n) is 10.6. The largest absolute Gasteiger partial charge is 0.325 e. The van der Waals surface area contributed by atoms with Gasteiger partial charge in [0.15, 0.2) is 5.66 Å². The normalized spacial score (nSPS) is 18.1. The van der Waals surface area contributed by atoms with Crippen molar-refractivity contribution in [2.24, 2.45) is 9.98 Å². The SMILES string of the molecule is Cc1cccc(NC(=O)CSC2=NC3(CCN(C)CC3)N=C2c2ccc(C(C)(C)C)cc2)c1C. The fraction of sp³-hybridized carbons (Fsp3) is 0.464. The molecule has 4 rings (SSSR count). The summed E-state index contributed by atoms with van der Waals surface area (Å²) in [5.41, 5.74) is 6.15. The zero-order valence-electron chi connectivity index (χ0n) is 21.2. The molecule has 0 atom stereocenters. The Kier molecular flexibility index (Phi) is 7.02. The number of thioether (sulfide) groups is 1. The standard InChI is InChI=1S/C28H36N4OS/c1-19-8-7-9-23(20(19)2)29-24(33)18-34-26-25(21-10-12-22(13-11-21)27(3,4)5)30-28(31-26)14-16-32(6)17-15-28/h7-13H,14-18H2,1-6H3,(H,29,33). The van der Waals surface area contributed by atoms with Crippen LogP contribution in [0.3, 0.4) is 0 Å². The number of piperidine rings is 1. The molecule has 0 radical (unpaired) electrons. The molecule has 2 aliphatic rings. The fourth-order valence-corrected chi connectivity index (χ4v) is 5.22. The van der Waals surface area contributed by atoms with Gasteiger partial charge in [-0.05, 0) is 49.1 Å². The molecular formula is C28H36N4OS. The van der Waals surface area contributed by atoms with Gasteiger partial charge < -0.3 is 10.2 Å².